The van der Waals surface area contributed by atoms with Crippen molar-refractivity contribution >= 4 is 11.9 Å². The minimum Gasteiger partial charge on any atom is -0.466 e. The number of hydrogen-bond donors (Lipinski definition) is 0. The molecular formula is C12H20O4. The molecule has 4 nitrogen and oxygen atoms in total. The molecule has 0 spiro atoms. The Morgan fingerprint density at radius 1 is 1.31 bits per heavy atom. The fourth-order valence-electron chi connectivity index (χ4n) is 1.26. The standard InChI is InChI=1S/C12H20O4/c1-4-5-6-7-11(16-10(2)13)8-9-12(14)15-3/h8-9,11H,4-7H2,1-3H3/b9-8+. The molecule has 0 aromatic rings. The highest BCUT2D eigenvalue weighted by Crippen LogP contribution is 2.08. The summed E-state index contributed by atoms with van der Waals surface area (Å²) in [4.78, 5) is 21.7. The van der Waals surface area contributed by atoms with Gasteiger partial charge in [-0.1, -0.05) is 19.8 Å². The molecular weight excluding hydrogens is 208 g/mol. The van der Waals surface area contributed by atoms with Gasteiger partial charge in [0.15, 0.2) is 0 Å². The zero-order chi connectivity index (χ0) is 12.4. The minimum absolute atomic E-state index is 0.330. The molecule has 4 heteroatoms. The highest BCUT2D eigenvalue weighted by molar-refractivity contribution is 5.81. The van der Waals surface area contributed by atoms with Crippen molar-refractivity contribution in [2.24, 2.45) is 0 Å². The molecule has 0 rings (SSSR count). The molecule has 0 aromatic carbocycles. The fourth-order valence-corrected chi connectivity index (χ4v) is 1.26. The molecule has 0 N–H and O–H groups in total. The maximum absolute atomic E-state index is 10.9. The quantitative estimate of drug-likeness (QED) is 0.381. The number of hydrogen-bond acceptors (Lipinski definition) is 4. The molecule has 0 aliphatic rings. The number of methoxy groups -OCH3 is 1. The Morgan fingerprint density at radius 3 is 2.50 bits per heavy atom. The minimum atomic E-state index is -0.437. The van der Waals surface area contributed by atoms with Crippen LogP contribution in [0, 0.1) is 0 Å². The van der Waals surface area contributed by atoms with E-state index >= 15 is 0 Å². The summed E-state index contributed by atoms with van der Waals surface area (Å²) >= 11 is 0. The van der Waals surface area contributed by atoms with Crippen LogP contribution in [0.4, 0.5) is 0 Å². The second-order valence-electron chi connectivity index (χ2n) is 3.53. The lowest BCUT2D eigenvalue weighted by Gasteiger charge is -2.12. The van der Waals surface area contributed by atoms with Crippen LogP contribution in [0.3, 0.4) is 0 Å². The zero-order valence-corrected chi connectivity index (χ0v) is 10.2. The number of carbonyl (C=O) groups excluding carboxylic acids is 2. The summed E-state index contributed by atoms with van der Waals surface area (Å²) in [5.41, 5.74) is 0. The van der Waals surface area contributed by atoms with E-state index in [9.17, 15) is 9.59 Å². The van der Waals surface area contributed by atoms with Gasteiger partial charge in [0.05, 0.1) is 7.11 Å². The van der Waals surface area contributed by atoms with Crippen LogP contribution in [-0.4, -0.2) is 25.2 Å². The van der Waals surface area contributed by atoms with Crippen LogP contribution in [0.15, 0.2) is 12.2 Å². The van der Waals surface area contributed by atoms with E-state index in [4.69, 9.17) is 4.74 Å². The summed E-state index contributed by atoms with van der Waals surface area (Å²) in [6.45, 7) is 3.46. The number of unbranched alkanes of at least 4 members (excludes halogenated alkanes) is 2. The molecule has 0 bridgehead atoms. The zero-order valence-electron chi connectivity index (χ0n) is 10.2. The number of ether oxygens (including phenoxy) is 2. The highest BCUT2D eigenvalue weighted by atomic mass is 16.5. The molecule has 0 aliphatic heterocycles. The van der Waals surface area contributed by atoms with Crippen LogP contribution in [0.5, 0.6) is 0 Å². The van der Waals surface area contributed by atoms with Crippen LogP contribution in [0.2, 0.25) is 0 Å². The SMILES string of the molecule is CCCCCC(/C=C/C(=O)OC)OC(C)=O. The van der Waals surface area contributed by atoms with Crippen LogP contribution in [0.1, 0.15) is 39.5 Å². The normalized spacial score (nSPS) is 12.4. The average molecular weight is 228 g/mol. The van der Waals surface area contributed by atoms with E-state index in [1.54, 1.807) is 6.08 Å². The van der Waals surface area contributed by atoms with Crippen molar-refractivity contribution in [1.82, 2.24) is 0 Å². The van der Waals surface area contributed by atoms with Crippen LogP contribution >= 0.6 is 0 Å². The van der Waals surface area contributed by atoms with Crippen LogP contribution < -0.4 is 0 Å². The van der Waals surface area contributed by atoms with Gasteiger partial charge in [-0.25, -0.2) is 4.79 Å². The smallest absolute Gasteiger partial charge is 0.330 e. The molecule has 0 radical (unpaired) electrons. The first-order valence-electron chi connectivity index (χ1n) is 5.53. The third kappa shape index (κ3) is 8.03. The number of esters is 2. The molecule has 92 valence electrons. The van der Waals surface area contributed by atoms with Crippen molar-refractivity contribution in [1.29, 1.82) is 0 Å². The summed E-state index contributed by atoms with van der Waals surface area (Å²) < 4.78 is 9.52. The first-order chi connectivity index (χ1) is 7.60. The van der Waals surface area contributed by atoms with Gasteiger partial charge < -0.3 is 9.47 Å². The monoisotopic (exact) mass is 228 g/mol. The van der Waals surface area contributed by atoms with E-state index in [1.165, 1.54) is 20.1 Å². The predicted molar refractivity (Wildman–Crippen MR) is 60.9 cm³/mol. The van der Waals surface area contributed by atoms with Gasteiger partial charge in [-0.15, -0.1) is 0 Å². The van der Waals surface area contributed by atoms with E-state index in [2.05, 4.69) is 11.7 Å². The van der Waals surface area contributed by atoms with Crippen LogP contribution in [-0.2, 0) is 19.1 Å². The third-order valence-corrected chi connectivity index (χ3v) is 2.06. The van der Waals surface area contributed by atoms with Crippen molar-refractivity contribution in [2.45, 2.75) is 45.6 Å². The van der Waals surface area contributed by atoms with Gasteiger partial charge in [-0.2, -0.15) is 0 Å². The van der Waals surface area contributed by atoms with Crippen LogP contribution in [0.25, 0.3) is 0 Å². The van der Waals surface area contributed by atoms with Crippen molar-refractivity contribution in [3.05, 3.63) is 12.2 Å². The molecule has 1 unspecified atom stereocenters. The Kier molecular flexibility index (Phi) is 8.21. The molecule has 0 aliphatic carbocycles. The Bertz CT molecular complexity index is 245. The van der Waals surface area contributed by atoms with E-state index in [0.29, 0.717) is 0 Å². The van der Waals surface area contributed by atoms with Gasteiger partial charge in [-0.05, 0) is 18.9 Å². The average Bonchev–Trinajstić information content (AvgIpc) is 2.24. The lowest BCUT2D eigenvalue weighted by atomic mass is 10.1. The van der Waals surface area contributed by atoms with Crippen molar-refractivity contribution in [2.75, 3.05) is 7.11 Å². The Balaban J connectivity index is 4.13. The molecule has 0 aromatic heterocycles. The van der Waals surface area contributed by atoms with Gasteiger partial charge in [0.1, 0.15) is 6.10 Å². The summed E-state index contributed by atoms with van der Waals surface area (Å²) in [5.74, 6) is -0.774. The first-order valence-corrected chi connectivity index (χ1v) is 5.53. The maximum Gasteiger partial charge on any atom is 0.330 e. The fraction of sp³-hybridized carbons (Fsp3) is 0.667. The van der Waals surface area contributed by atoms with Gasteiger partial charge in [-0.3, -0.25) is 4.79 Å². The molecule has 0 heterocycles. The summed E-state index contributed by atoms with van der Waals surface area (Å²) in [5, 5.41) is 0. The van der Waals surface area contributed by atoms with Gasteiger partial charge in [0.2, 0.25) is 0 Å². The van der Waals surface area contributed by atoms with E-state index in [-0.39, 0.29) is 12.1 Å². The topological polar surface area (TPSA) is 52.6 Å². The molecule has 0 amide bonds. The van der Waals surface area contributed by atoms with Crippen molar-refractivity contribution in [3.63, 3.8) is 0 Å². The Morgan fingerprint density at radius 2 is 2.00 bits per heavy atom. The molecule has 0 saturated carbocycles. The summed E-state index contributed by atoms with van der Waals surface area (Å²) in [6.07, 6.45) is 6.43. The van der Waals surface area contributed by atoms with Crippen molar-refractivity contribution in [3.8, 4) is 0 Å². The van der Waals surface area contributed by atoms with Gasteiger partial charge >= 0.3 is 11.9 Å². The van der Waals surface area contributed by atoms with E-state index < -0.39 is 5.97 Å². The van der Waals surface area contributed by atoms with Gasteiger partial charge in [0.25, 0.3) is 0 Å². The number of rotatable bonds is 7. The van der Waals surface area contributed by atoms with E-state index in [0.717, 1.165) is 25.7 Å². The Labute approximate surface area is 96.6 Å². The highest BCUT2D eigenvalue weighted by Gasteiger charge is 2.08. The molecule has 16 heavy (non-hydrogen) atoms. The van der Waals surface area contributed by atoms with Gasteiger partial charge in [0, 0.05) is 13.0 Å². The lowest BCUT2D eigenvalue weighted by molar-refractivity contribution is -0.144. The maximum atomic E-state index is 10.9. The lowest BCUT2D eigenvalue weighted by Crippen LogP contribution is -2.14. The Hall–Kier alpha value is -1.32. The summed E-state index contributed by atoms with van der Waals surface area (Å²) in [7, 11) is 1.31. The second kappa shape index (κ2) is 8.95. The summed E-state index contributed by atoms with van der Waals surface area (Å²) in [6, 6.07) is 0. The first kappa shape index (κ1) is 14.7. The van der Waals surface area contributed by atoms with E-state index in [1.807, 2.05) is 0 Å². The molecule has 1 atom stereocenters. The predicted octanol–water partition coefficient (Wildman–Crippen LogP) is 2.23. The largest absolute Gasteiger partial charge is 0.466 e. The van der Waals surface area contributed by atoms with Crippen molar-refractivity contribution < 1.29 is 19.1 Å². The molecule has 0 fully saturated rings. The third-order valence-electron chi connectivity index (χ3n) is 2.06. The number of carbonyl (C=O) groups is 2. The molecule has 0 saturated heterocycles. The second-order valence-corrected chi connectivity index (χ2v) is 3.53.